The zero-order chi connectivity index (χ0) is 18.2. The van der Waals surface area contributed by atoms with Crippen molar-refractivity contribution in [3.63, 3.8) is 0 Å². The number of carboxylic acid groups (broad SMARTS) is 1. The second-order valence-electron chi connectivity index (χ2n) is 5.44. The summed E-state index contributed by atoms with van der Waals surface area (Å²) in [6.45, 7) is 0. The van der Waals surface area contributed by atoms with E-state index in [0.29, 0.717) is 16.7 Å². The summed E-state index contributed by atoms with van der Waals surface area (Å²) < 4.78 is 5.22. The lowest BCUT2D eigenvalue weighted by Gasteiger charge is -2.20. The number of carbonyl (C=O) groups is 2. The highest BCUT2D eigenvalue weighted by Gasteiger charge is 2.26. The van der Waals surface area contributed by atoms with E-state index in [2.05, 4.69) is 5.32 Å². The molecule has 0 aliphatic carbocycles. The number of ether oxygens (including phenoxy) is 1. The predicted molar refractivity (Wildman–Crippen MR) is 90.6 cm³/mol. The maximum Gasteiger partial charge on any atom is 0.326 e. The van der Waals surface area contributed by atoms with E-state index in [-0.39, 0.29) is 6.42 Å². The van der Waals surface area contributed by atoms with E-state index in [9.17, 15) is 14.7 Å². The Bertz CT molecular complexity index is 766. The fraction of sp³-hybridized carbons (Fsp3) is 0.211. The molecule has 6 nitrogen and oxygen atoms in total. The summed E-state index contributed by atoms with van der Waals surface area (Å²) in [5.74, 6) is -1.66. The lowest BCUT2D eigenvalue weighted by Crippen LogP contribution is -2.44. The Morgan fingerprint density at radius 3 is 2.32 bits per heavy atom. The number of nitrogens with zero attached hydrogens (tertiary/aromatic N) is 1. The molecule has 2 N–H and O–H groups in total. The molecule has 0 saturated heterocycles. The van der Waals surface area contributed by atoms with E-state index in [1.165, 1.54) is 7.11 Å². The third-order valence-electron chi connectivity index (χ3n) is 3.71. The van der Waals surface area contributed by atoms with Crippen molar-refractivity contribution in [2.75, 3.05) is 7.11 Å². The molecule has 2 aromatic carbocycles. The SMILES string of the molecule is CO[C@@H](C(=O)N[C@@H](Cc1ccc(C#N)cc1)C(=O)O)c1ccccc1. The van der Waals surface area contributed by atoms with Gasteiger partial charge in [0.1, 0.15) is 6.04 Å². The monoisotopic (exact) mass is 338 g/mol. The minimum atomic E-state index is -1.14. The van der Waals surface area contributed by atoms with Crippen LogP contribution in [0.1, 0.15) is 22.8 Å². The summed E-state index contributed by atoms with van der Waals surface area (Å²) in [5, 5.41) is 20.7. The summed E-state index contributed by atoms with van der Waals surface area (Å²) >= 11 is 0. The molecule has 1 amide bonds. The van der Waals surface area contributed by atoms with Gasteiger partial charge in [-0.05, 0) is 23.3 Å². The van der Waals surface area contributed by atoms with Gasteiger partial charge in [-0.1, -0.05) is 42.5 Å². The van der Waals surface area contributed by atoms with Gasteiger partial charge in [-0.3, -0.25) is 4.79 Å². The van der Waals surface area contributed by atoms with Crippen molar-refractivity contribution in [2.45, 2.75) is 18.6 Å². The van der Waals surface area contributed by atoms with Crippen LogP contribution >= 0.6 is 0 Å². The predicted octanol–water partition coefficient (Wildman–Crippen LogP) is 2.06. The second-order valence-corrected chi connectivity index (χ2v) is 5.44. The first-order valence-corrected chi connectivity index (χ1v) is 7.65. The van der Waals surface area contributed by atoms with Crippen molar-refractivity contribution >= 4 is 11.9 Å². The number of aliphatic carboxylic acids is 1. The summed E-state index contributed by atoms with van der Waals surface area (Å²) in [7, 11) is 1.40. The standard InChI is InChI=1S/C19H18N2O4/c1-25-17(15-5-3-2-4-6-15)18(22)21-16(19(23)24)11-13-7-9-14(12-20)10-8-13/h2-10,16-17H,11H2,1H3,(H,21,22)(H,23,24)/t16-,17+/m0/s1. The van der Waals surface area contributed by atoms with E-state index in [1.807, 2.05) is 12.1 Å². The van der Waals surface area contributed by atoms with Crippen molar-refractivity contribution in [3.05, 3.63) is 71.3 Å². The number of nitrogens with one attached hydrogen (secondary N) is 1. The topological polar surface area (TPSA) is 99.4 Å². The maximum atomic E-state index is 12.4. The zero-order valence-electron chi connectivity index (χ0n) is 13.7. The molecule has 0 bridgehead atoms. The Kier molecular flexibility index (Phi) is 6.26. The largest absolute Gasteiger partial charge is 0.480 e. The number of carbonyl (C=O) groups excluding carboxylic acids is 1. The van der Waals surface area contributed by atoms with E-state index in [1.54, 1.807) is 48.5 Å². The summed E-state index contributed by atoms with van der Waals surface area (Å²) in [4.78, 5) is 23.9. The molecule has 0 fully saturated rings. The highest BCUT2D eigenvalue weighted by Crippen LogP contribution is 2.17. The molecule has 0 spiro atoms. The second kappa shape index (κ2) is 8.62. The van der Waals surface area contributed by atoms with Crippen LogP contribution in [0.5, 0.6) is 0 Å². The molecule has 0 saturated carbocycles. The molecular weight excluding hydrogens is 320 g/mol. The molecule has 0 aromatic heterocycles. The number of hydrogen-bond donors (Lipinski definition) is 2. The fourth-order valence-corrected chi connectivity index (χ4v) is 2.42. The van der Waals surface area contributed by atoms with Gasteiger partial charge < -0.3 is 15.2 Å². The molecule has 25 heavy (non-hydrogen) atoms. The van der Waals surface area contributed by atoms with Gasteiger partial charge in [0.15, 0.2) is 6.10 Å². The van der Waals surface area contributed by atoms with Gasteiger partial charge in [0.05, 0.1) is 11.6 Å². The quantitative estimate of drug-likeness (QED) is 0.805. The molecule has 2 rings (SSSR count). The summed E-state index contributed by atoms with van der Waals surface area (Å²) in [6.07, 6.45) is -0.776. The molecule has 128 valence electrons. The van der Waals surface area contributed by atoms with E-state index in [0.717, 1.165) is 0 Å². The van der Waals surface area contributed by atoms with Crippen LogP contribution in [0.4, 0.5) is 0 Å². The fourth-order valence-electron chi connectivity index (χ4n) is 2.42. The number of carboxylic acids is 1. The molecule has 0 radical (unpaired) electrons. The highest BCUT2D eigenvalue weighted by molar-refractivity contribution is 5.87. The van der Waals surface area contributed by atoms with Crippen molar-refractivity contribution in [1.82, 2.24) is 5.32 Å². The van der Waals surface area contributed by atoms with Crippen LogP contribution in [0.3, 0.4) is 0 Å². The normalized spacial score (nSPS) is 12.6. The maximum absolute atomic E-state index is 12.4. The lowest BCUT2D eigenvalue weighted by atomic mass is 10.0. The van der Waals surface area contributed by atoms with Gasteiger partial charge in [-0.25, -0.2) is 4.79 Å². The van der Waals surface area contributed by atoms with Gasteiger partial charge >= 0.3 is 5.97 Å². The zero-order valence-corrected chi connectivity index (χ0v) is 13.7. The van der Waals surface area contributed by atoms with Gasteiger partial charge in [0.2, 0.25) is 0 Å². The molecule has 0 unspecified atom stereocenters. The first-order valence-electron chi connectivity index (χ1n) is 7.65. The molecule has 6 heteroatoms. The van der Waals surface area contributed by atoms with Gasteiger partial charge in [-0.2, -0.15) is 5.26 Å². The summed E-state index contributed by atoms with van der Waals surface area (Å²) in [5.41, 5.74) is 1.84. The highest BCUT2D eigenvalue weighted by atomic mass is 16.5. The van der Waals surface area contributed by atoms with Gasteiger partial charge in [-0.15, -0.1) is 0 Å². The average molecular weight is 338 g/mol. The molecule has 0 aliphatic heterocycles. The van der Waals surface area contributed by atoms with Crippen LogP contribution in [-0.2, 0) is 20.7 Å². The van der Waals surface area contributed by atoms with E-state index < -0.39 is 24.0 Å². The Hall–Kier alpha value is -3.17. The van der Waals surface area contributed by atoms with Crippen LogP contribution in [0.2, 0.25) is 0 Å². The van der Waals surface area contributed by atoms with Crippen LogP contribution in [0, 0.1) is 11.3 Å². The van der Waals surface area contributed by atoms with Gasteiger partial charge in [0, 0.05) is 13.5 Å². The van der Waals surface area contributed by atoms with Crippen molar-refractivity contribution in [3.8, 4) is 6.07 Å². The number of rotatable bonds is 7. The van der Waals surface area contributed by atoms with Crippen LogP contribution in [0.15, 0.2) is 54.6 Å². The average Bonchev–Trinajstić information content (AvgIpc) is 2.63. The van der Waals surface area contributed by atoms with E-state index >= 15 is 0 Å². The minimum absolute atomic E-state index is 0.109. The molecule has 2 atom stereocenters. The molecule has 2 aromatic rings. The Morgan fingerprint density at radius 2 is 1.80 bits per heavy atom. The molecule has 0 aliphatic rings. The molecular formula is C19H18N2O4. The first kappa shape index (κ1) is 18.2. The Morgan fingerprint density at radius 1 is 1.16 bits per heavy atom. The summed E-state index contributed by atoms with van der Waals surface area (Å²) in [6, 6.07) is 16.3. The third kappa shape index (κ3) is 4.90. The van der Waals surface area contributed by atoms with Crippen molar-refractivity contribution < 1.29 is 19.4 Å². The van der Waals surface area contributed by atoms with Crippen molar-refractivity contribution in [2.24, 2.45) is 0 Å². The number of benzene rings is 2. The first-order chi connectivity index (χ1) is 12.0. The Balaban J connectivity index is 2.10. The number of amides is 1. The lowest BCUT2D eigenvalue weighted by molar-refractivity contribution is -0.144. The van der Waals surface area contributed by atoms with Gasteiger partial charge in [0.25, 0.3) is 5.91 Å². The van der Waals surface area contributed by atoms with Crippen LogP contribution in [0.25, 0.3) is 0 Å². The van der Waals surface area contributed by atoms with Crippen molar-refractivity contribution in [1.29, 1.82) is 5.26 Å². The number of methoxy groups -OCH3 is 1. The third-order valence-corrected chi connectivity index (χ3v) is 3.71. The van der Waals surface area contributed by atoms with Crippen LogP contribution < -0.4 is 5.32 Å². The number of hydrogen-bond acceptors (Lipinski definition) is 4. The number of nitriles is 1. The minimum Gasteiger partial charge on any atom is -0.480 e. The molecule has 0 heterocycles. The van der Waals surface area contributed by atoms with Crippen LogP contribution in [-0.4, -0.2) is 30.1 Å². The smallest absolute Gasteiger partial charge is 0.326 e. The Labute approximate surface area is 145 Å². The van der Waals surface area contributed by atoms with E-state index in [4.69, 9.17) is 10.00 Å².